The van der Waals surface area contributed by atoms with Crippen molar-refractivity contribution < 1.29 is 19.8 Å². The summed E-state index contributed by atoms with van der Waals surface area (Å²) in [5.41, 5.74) is 0. The molecule has 0 aliphatic carbocycles. The molecular formula is C12H18O4. The van der Waals surface area contributed by atoms with Gasteiger partial charge in [-0.3, -0.25) is 9.59 Å². The molecule has 16 heavy (non-hydrogen) atoms. The Bertz CT molecular complexity index is 272. The van der Waals surface area contributed by atoms with Gasteiger partial charge >= 0.3 is 11.9 Å². The molecule has 0 radical (unpaired) electrons. The summed E-state index contributed by atoms with van der Waals surface area (Å²) < 4.78 is 0. The number of rotatable bonds is 8. The second-order valence-electron chi connectivity index (χ2n) is 3.56. The first-order valence-electron chi connectivity index (χ1n) is 5.52. The van der Waals surface area contributed by atoms with Gasteiger partial charge in [-0.25, -0.2) is 0 Å². The standard InChI is InChI=1S/C12H18O4/c13-11(14)9-7-5-3-1-2-4-6-8-10-12(15)16/h1,3,5-10H2,(H,13,14)(H,15,16). The zero-order chi connectivity index (χ0) is 12.2. The van der Waals surface area contributed by atoms with Crippen LogP contribution in [-0.4, -0.2) is 22.2 Å². The van der Waals surface area contributed by atoms with Gasteiger partial charge in [-0.2, -0.15) is 0 Å². The van der Waals surface area contributed by atoms with Crippen molar-refractivity contribution in [1.82, 2.24) is 0 Å². The van der Waals surface area contributed by atoms with Crippen LogP contribution in [0.5, 0.6) is 0 Å². The molecule has 0 aromatic carbocycles. The van der Waals surface area contributed by atoms with Crippen molar-refractivity contribution in [2.24, 2.45) is 0 Å². The van der Waals surface area contributed by atoms with E-state index in [1.807, 2.05) is 0 Å². The summed E-state index contributed by atoms with van der Waals surface area (Å²) in [4.78, 5) is 20.4. The third-order valence-electron chi connectivity index (χ3n) is 2.01. The van der Waals surface area contributed by atoms with Gasteiger partial charge in [0.2, 0.25) is 0 Å². The highest BCUT2D eigenvalue weighted by atomic mass is 16.4. The quantitative estimate of drug-likeness (QED) is 0.492. The van der Waals surface area contributed by atoms with Crippen molar-refractivity contribution in [3.05, 3.63) is 0 Å². The molecule has 0 aromatic heterocycles. The Morgan fingerprint density at radius 3 is 1.81 bits per heavy atom. The van der Waals surface area contributed by atoms with Gasteiger partial charge < -0.3 is 10.2 Å². The van der Waals surface area contributed by atoms with Crippen LogP contribution in [0.2, 0.25) is 0 Å². The minimum atomic E-state index is -0.782. The van der Waals surface area contributed by atoms with Gasteiger partial charge in [0.25, 0.3) is 0 Å². The van der Waals surface area contributed by atoms with Crippen LogP contribution < -0.4 is 0 Å². The fraction of sp³-hybridized carbons (Fsp3) is 0.667. The average Bonchev–Trinajstić information content (AvgIpc) is 2.20. The molecule has 0 saturated carbocycles. The summed E-state index contributed by atoms with van der Waals surface area (Å²) in [6.45, 7) is 0. The van der Waals surface area contributed by atoms with Crippen LogP contribution >= 0.6 is 0 Å². The molecule has 0 saturated heterocycles. The molecule has 0 heterocycles. The minimum absolute atomic E-state index is 0.174. The number of hydrogen-bond acceptors (Lipinski definition) is 2. The molecule has 2 N–H and O–H groups in total. The lowest BCUT2D eigenvalue weighted by molar-refractivity contribution is -0.138. The zero-order valence-electron chi connectivity index (χ0n) is 9.37. The van der Waals surface area contributed by atoms with E-state index in [1.165, 1.54) is 0 Å². The number of unbranched alkanes of at least 4 members (excludes halogenated alkanes) is 4. The number of hydrogen-bond donors (Lipinski definition) is 2. The fourth-order valence-electron chi connectivity index (χ4n) is 1.17. The Kier molecular flexibility index (Phi) is 9.09. The molecule has 0 aromatic rings. The third-order valence-corrected chi connectivity index (χ3v) is 2.01. The number of carbonyl (C=O) groups is 2. The van der Waals surface area contributed by atoms with Crippen LogP contribution in [0, 0.1) is 11.8 Å². The molecule has 0 aliphatic heterocycles. The van der Waals surface area contributed by atoms with E-state index in [-0.39, 0.29) is 12.8 Å². The van der Waals surface area contributed by atoms with E-state index in [0.29, 0.717) is 19.3 Å². The molecule has 4 nitrogen and oxygen atoms in total. The molecule has 0 spiro atoms. The van der Waals surface area contributed by atoms with Gasteiger partial charge in [0, 0.05) is 25.7 Å². The Morgan fingerprint density at radius 2 is 1.25 bits per heavy atom. The summed E-state index contributed by atoms with van der Waals surface area (Å²) in [5, 5.41) is 16.7. The van der Waals surface area contributed by atoms with Gasteiger partial charge in [0.1, 0.15) is 0 Å². The number of aliphatic carboxylic acids is 2. The summed E-state index contributed by atoms with van der Waals surface area (Å²) in [6.07, 6.45) is 4.90. The van der Waals surface area contributed by atoms with Crippen molar-refractivity contribution in [2.45, 2.75) is 51.4 Å². The molecule has 0 bridgehead atoms. The molecule has 0 rings (SSSR count). The molecule has 90 valence electrons. The van der Waals surface area contributed by atoms with Crippen molar-refractivity contribution in [1.29, 1.82) is 0 Å². The van der Waals surface area contributed by atoms with Gasteiger partial charge in [0.15, 0.2) is 0 Å². The van der Waals surface area contributed by atoms with Gasteiger partial charge in [-0.1, -0.05) is 6.42 Å². The van der Waals surface area contributed by atoms with E-state index in [0.717, 1.165) is 19.3 Å². The average molecular weight is 226 g/mol. The van der Waals surface area contributed by atoms with E-state index in [2.05, 4.69) is 11.8 Å². The topological polar surface area (TPSA) is 74.6 Å². The van der Waals surface area contributed by atoms with Crippen molar-refractivity contribution in [2.75, 3.05) is 0 Å². The van der Waals surface area contributed by atoms with Gasteiger partial charge in [-0.05, 0) is 19.3 Å². The summed E-state index contributed by atoms with van der Waals surface area (Å²) in [6, 6.07) is 0. The molecular weight excluding hydrogens is 208 g/mol. The highest BCUT2D eigenvalue weighted by molar-refractivity contribution is 5.66. The highest BCUT2D eigenvalue weighted by Gasteiger charge is 1.95. The molecule has 0 fully saturated rings. The molecule has 0 atom stereocenters. The smallest absolute Gasteiger partial charge is 0.303 e. The lowest BCUT2D eigenvalue weighted by Gasteiger charge is -1.93. The Balaban J connectivity index is 3.21. The first kappa shape index (κ1) is 14.5. The van der Waals surface area contributed by atoms with Crippen LogP contribution in [0.25, 0.3) is 0 Å². The maximum Gasteiger partial charge on any atom is 0.303 e. The predicted molar refractivity (Wildman–Crippen MR) is 60.0 cm³/mol. The largest absolute Gasteiger partial charge is 0.481 e. The minimum Gasteiger partial charge on any atom is -0.481 e. The number of carboxylic acids is 2. The van der Waals surface area contributed by atoms with E-state index in [1.54, 1.807) is 0 Å². The van der Waals surface area contributed by atoms with Crippen LogP contribution in [0.3, 0.4) is 0 Å². The van der Waals surface area contributed by atoms with Crippen molar-refractivity contribution in [3.8, 4) is 11.8 Å². The van der Waals surface area contributed by atoms with Crippen LogP contribution in [0.1, 0.15) is 51.4 Å². The van der Waals surface area contributed by atoms with Crippen LogP contribution in [-0.2, 0) is 9.59 Å². The Labute approximate surface area is 95.7 Å². The van der Waals surface area contributed by atoms with Crippen LogP contribution in [0.4, 0.5) is 0 Å². The van der Waals surface area contributed by atoms with E-state index in [4.69, 9.17) is 10.2 Å². The van der Waals surface area contributed by atoms with Gasteiger partial charge in [0.05, 0.1) is 0 Å². The molecule has 4 heteroatoms. The second-order valence-corrected chi connectivity index (χ2v) is 3.56. The molecule has 0 amide bonds. The third kappa shape index (κ3) is 12.5. The predicted octanol–water partition coefficient (Wildman–Crippen LogP) is 2.28. The molecule has 0 aliphatic rings. The Hall–Kier alpha value is -1.50. The van der Waals surface area contributed by atoms with E-state index in [9.17, 15) is 9.59 Å². The maximum absolute atomic E-state index is 10.2. The summed E-state index contributed by atoms with van der Waals surface area (Å²) in [5.74, 6) is 4.34. The van der Waals surface area contributed by atoms with Crippen molar-refractivity contribution >= 4 is 11.9 Å². The molecule has 0 unspecified atom stereocenters. The second kappa shape index (κ2) is 10.0. The lowest BCUT2D eigenvalue weighted by Crippen LogP contribution is -1.93. The Morgan fingerprint density at radius 1 is 0.750 bits per heavy atom. The first-order valence-corrected chi connectivity index (χ1v) is 5.52. The normalized spacial score (nSPS) is 9.25. The fourth-order valence-corrected chi connectivity index (χ4v) is 1.17. The lowest BCUT2D eigenvalue weighted by atomic mass is 10.1. The van der Waals surface area contributed by atoms with E-state index >= 15 is 0 Å². The SMILES string of the molecule is O=C(O)CCCC#CCCCCCC(=O)O. The number of carboxylic acid groups (broad SMARTS) is 2. The highest BCUT2D eigenvalue weighted by Crippen LogP contribution is 2.02. The maximum atomic E-state index is 10.2. The zero-order valence-corrected chi connectivity index (χ0v) is 9.37. The summed E-state index contributed by atoms with van der Waals surface area (Å²) in [7, 11) is 0. The summed E-state index contributed by atoms with van der Waals surface area (Å²) >= 11 is 0. The first-order chi connectivity index (χ1) is 7.63. The van der Waals surface area contributed by atoms with Crippen molar-refractivity contribution in [3.63, 3.8) is 0 Å². The van der Waals surface area contributed by atoms with Gasteiger partial charge in [-0.15, -0.1) is 11.8 Å². The monoisotopic (exact) mass is 226 g/mol. The van der Waals surface area contributed by atoms with E-state index < -0.39 is 11.9 Å². The van der Waals surface area contributed by atoms with Crippen LogP contribution in [0.15, 0.2) is 0 Å².